The first-order chi connectivity index (χ1) is 8.61. The number of rotatable bonds is 4. The van der Waals surface area contributed by atoms with Crippen molar-refractivity contribution in [3.63, 3.8) is 0 Å². The van der Waals surface area contributed by atoms with Crippen LogP contribution in [-0.4, -0.2) is 0 Å². The van der Waals surface area contributed by atoms with Crippen LogP contribution in [0.25, 0.3) is 0 Å². The normalized spacial score (nSPS) is 17.3. The monoisotopic (exact) mass is 252 g/mol. The Morgan fingerprint density at radius 2 is 1.61 bits per heavy atom. The van der Waals surface area contributed by atoms with Gasteiger partial charge in [-0.25, -0.2) is 0 Å². The molecule has 1 atom stereocenters. The number of hydrogen-bond acceptors (Lipinski definition) is 0. The molecule has 0 bridgehead atoms. The van der Waals surface area contributed by atoms with Gasteiger partial charge in [0.15, 0.2) is 0 Å². The second kappa shape index (κ2) is 14.5. The van der Waals surface area contributed by atoms with E-state index in [9.17, 15) is 0 Å². The molecule has 0 N–H and O–H groups in total. The Balaban J connectivity index is 0. The van der Waals surface area contributed by atoms with E-state index >= 15 is 0 Å². The molecule has 0 nitrogen and oxygen atoms in total. The van der Waals surface area contributed by atoms with Crippen molar-refractivity contribution in [2.75, 3.05) is 0 Å². The molecule has 0 aromatic rings. The van der Waals surface area contributed by atoms with Gasteiger partial charge in [0.1, 0.15) is 0 Å². The molecule has 1 aliphatic rings. The van der Waals surface area contributed by atoms with E-state index in [0.717, 1.165) is 5.92 Å². The van der Waals surface area contributed by atoms with Crippen LogP contribution in [0.1, 0.15) is 80.6 Å². The van der Waals surface area contributed by atoms with Gasteiger partial charge in [0.2, 0.25) is 0 Å². The summed E-state index contributed by atoms with van der Waals surface area (Å²) < 4.78 is 0. The Morgan fingerprint density at radius 3 is 1.89 bits per heavy atom. The molecule has 18 heavy (non-hydrogen) atoms. The standard InChI is InChI=1S/C10H16.C6H14.C2H6/c1-8(2)10-6-4-9(3)5-7-10;1-3-5-6-4-2;1-2/h4,6-9H,5H2,1-3H3;3-6H2,1-2H3;1-2H3. The van der Waals surface area contributed by atoms with Crippen molar-refractivity contribution >= 4 is 0 Å². The Morgan fingerprint density at radius 1 is 1.11 bits per heavy atom. The average molecular weight is 252 g/mol. The molecule has 108 valence electrons. The topological polar surface area (TPSA) is 0 Å². The van der Waals surface area contributed by atoms with Crippen molar-refractivity contribution in [1.82, 2.24) is 0 Å². The van der Waals surface area contributed by atoms with Crippen molar-refractivity contribution in [2.24, 2.45) is 11.8 Å². The number of unbranched alkanes of at least 4 members (excludes halogenated alkanes) is 3. The summed E-state index contributed by atoms with van der Waals surface area (Å²) in [6.45, 7) is 15.2. The Hall–Kier alpha value is -0.520. The number of allylic oxidation sites excluding steroid dienone is 4. The van der Waals surface area contributed by atoms with Crippen molar-refractivity contribution in [3.8, 4) is 0 Å². The van der Waals surface area contributed by atoms with Crippen LogP contribution >= 0.6 is 0 Å². The van der Waals surface area contributed by atoms with Crippen LogP contribution in [-0.2, 0) is 0 Å². The van der Waals surface area contributed by atoms with E-state index in [1.807, 2.05) is 13.8 Å². The molecule has 0 heterocycles. The zero-order valence-electron chi connectivity index (χ0n) is 13.9. The van der Waals surface area contributed by atoms with Crippen molar-refractivity contribution in [3.05, 3.63) is 23.8 Å². The molecular weight excluding hydrogens is 216 g/mol. The Labute approximate surface area is 117 Å². The van der Waals surface area contributed by atoms with Crippen LogP contribution in [0, 0.1) is 11.8 Å². The maximum Gasteiger partial charge on any atom is -0.0222 e. The maximum absolute atomic E-state index is 2.36. The lowest BCUT2D eigenvalue weighted by Crippen LogP contribution is -1.98. The first kappa shape index (κ1) is 19.8. The van der Waals surface area contributed by atoms with Crippen molar-refractivity contribution in [2.45, 2.75) is 80.6 Å². The number of hydrogen-bond donors (Lipinski definition) is 0. The van der Waals surface area contributed by atoms with Gasteiger partial charge in [-0.3, -0.25) is 0 Å². The molecule has 0 fully saturated rings. The van der Waals surface area contributed by atoms with E-state index in [4.69, 9.17) is 0 Å². The first-order valence-electron chi connectivity index (χ1n) is 8.00. The third-order valence-electron chi connectivity index (χ3n) is 2.97. The van der Waals surface area contributed by atoms with E-state index < -0.39 is 0 Å². The Kier molecular flexibility index (Phi) is 16.0. The second-order valence-corrected chi connectivity index (χ2v) is 5.14. The van der Waals surface area contributed by atoms with Crippen LogP contribution in [0.15, 0.2) is 23.8 Å². The van der Waals surface area contributed by atoms with Gasteiger partial charge >= 0.3 is 0 Å². The van der Waals surface area contributed by atoms with Crippen LogP contribution in [0.4, 0.5) is 0 Å². The van der Waals surface area contributed by atoms with E-state index in [1.54, 1.807) is 0 Å². The fraction of sp³-hybridized carbons (Fsp3) is 0.778. The molecule has 0 aromatic carbocycles. The van der Waals surface area contributed by atoms with Crippen LogP contribution < -0.4 is 0 Å². The predicted molar refractivity (Wildman–Crippen MR) is 87.0 cm³/mol. The summed E-state index contributed by atoms with van der Waals surface area (Å²) in [7, 11) is 0. The zero-order chi connectivity index (χ0) is 14.4. The van der Waals surface area contributed by atoms with Gasteiger partial charge in [0, 0.05) is 0 Å². The summed E-state index contributed by atoms with van der Waals surface area (Å²) in [5, 5.41) is 0. The molecule has 0 amide bonds. The fourth-order valence-corrected chi connectivity index (χ4v) is 1.67. The summed E-state index contributed by atoms with van der Waals surface area (Å²) in [5.41, 5.74) is 1.50. The molecule has 0 saturated heterocycles. The molecule has 1 aliphatic carbocycles. The lowest BCUT2D eigenvalue weighted by molar-refractivity contribution is 0.698. The molecule has 0 saturated carbocycles. The second-order valence-electron chi connectivity index (χ2n) is 5.14. The van der Waals surface area contributed by atoms with Crippen molar-refractivity contribution < 1.29 is 0 Å². The van der Waals surface area contributed by atoms with Gasteiger partial charge in [-0.1, -0.05) is 92.4 Å². The quantitative estimate of drug-likeness (QED) is 0.484. The largest absolute Gasteiger partial charge is 0.0811 e. The highest BCUT2D eigenvalue weighted by Crippen LogP contribution is 2.20. The van der Waals surface area contributed by atoms with Gasteiger partial charge in [-0.05, 0) is 23.8 Å². The molecule has 0 heteroatoms. The third-order valence-corrected chi connectivity index (χ3v) is 2.97. The molecule has 0 aromatic heterocycles. The van der Waals surface area contributed by atoms with Gasteiger partial charge in [-0.15, -0.1) is 0 Å². The van der Waals surface area contributed by atoms with Crippen LogP contribution in [0.2, 0.25) is 0 Å². The summed E-state index contributed by atoms with van der Waals surface area (Å²) in [5.74, 6) is 1.45. The maximum atomic E-state index is 2.36. The summed E-state index contributed by atoms with van der Waals surface area (Å²) in [6, 6.07) is 0. The van der Waals surface area contributed by atoms with Crippen molar-refractivity contribution in [1.29, 1.82) is 0 Å². The van der Waals surface area contributed by atoms with Gasteiger partial charge < -0.3 is 0 Å². The minimum atomic E-state index is 0.698. The molecule has 0 aliphatic heterocycles. The fourth-order valence-electron chi connectivity index (χ4n) is 1.67. The first-order valence-corrected chi connectivity index (χ1v) is 8.00. The molecular formula is C18H36. The third kappa shape index (κ3) is 12.0. The lowest BCUT2D eigenvalue weighted by Gasteiger charge is -2.13. The van der Waals surface area contributed by atoms with Crippen LogP contribution in [0.5, 0.6) is 0 Å². The van der Waals surface area contributed by atoms with Crippen LogP contribution in [0.3, 0.4) is 0 Å². The van der Waals surface area contributed by atoms with Gasteiger partial charge in [0.25, 0.3) is 0 Å². The van der Waals surface area contributed by atoms with E-state index in [1.165, 1.54) is 37.7 Å². The summed E-state index contributed by atoms with van der Waals surface area (Å²) in [4.78, 5) is 0. The van der Waals surface area contributed by atoms with Gasteiger partial charge in [-0.2, -0.15) is 0 Å². The molecule has 0 spiro atoms. The smallest absolute Gasteiger partial charge is 0.0222 e. The van der Waals surface area contributed by atoms with E-state index in [2.05, 4.69) is 52.8 Å². The highest BCUT2D eigenvalue weighted by molar-refractivity contribution is 5.24. The summed E-state index contributed by atoms with van der Waals surface area (Å²) >= 11 is 0. The predicted octanol–water partition coefficient (Wildman–Crippen LogP) is 6.78. The minimum absolute atomic E-state index is 0.698. The molecule has 1 unspecified atom stereocenters. The average Bonchev–Trinajstić information content (AvgIpc) is 2.40. The van der Waals surface area contributed by atoms with E-state index in [0.29, 0.717) is 5.92 Å². The lowest BCUT2D eigenvalue weighted by atomic mass is 9.93. The molecule has 0 radical (unpaired) electrons. The molecule has 1 rings (SSSR count). The minimum Gasteiger partial charge on any atom is -0.0811 e. The van der Waals surface area contributed by atoms with Gasteiger partial charge in [0.05, 0.1) is 0 Å². The Bertz CT molecular complexity index is 204. The zero-order valence-corrected chi connectivity index (χ0v) is 13.9. The highest BCUT2D eigenvalue weighted by atomic mass is 14.1. The SMILES string of the molecule is CC.CC1C=CC(C(C)C)=CC1.CCCCCC. The highest BCUT2D eigenvalue weighted by Gasteiger charge is 2.05. The van der Waals surface area contributed by atoms with E-state index in [-0.39, 0.29) is 0 Å². The summed E-state index contributed by atoms with van der Waals surface area (Å²) in [6.07, 6.45) is 13.7.